The smallest absolute Gasteiger partial charge is 0.414 e. The van der Waals surface area contributed by atoms with Crippen molar-refractivity contribution in [2.75, 3.05) is 49.2 Å². The summed E-state index contributed by atoms with van der Waals surface area (Å²) in [5.74, 6) is -0.417. The number of sulfonamides is 1. The standard InChI is InChI=1S/C19H19ClFN3O5S2/c20-16-3-4-17(30-16)31(26,27)22-6-13-7-24(18(25)29-13)12-1-2-15(14(21)5-12)23-8-19(9-23)10-28-11-19/h1-5,13,22H,6-11H2/t13-/m0/s1. The molecule has 1 aromatic carbocycles. The quantitative estimate of drug-likeness (QED) is 0.674. The third kappa shape index (κ3) is 3.89. The van der Waals surface area contributed by atoms with E-state index < -0.39 is 28.0 Å². The van der Waals surface area contributed by atoms with E-state index >= 15 is 0 Å². The van der Waals surface area contributed by atoms with Gasteiger partial charge in [-0.2, -0.15) is 0 Å². The van der Waals surface area contributed by atoms with Crippen LogP contribution in [0, 0.1) is 11.2 Å². The zero-order chi connectivity index (χ0) is 21.8. The lowest BCUT2D eigenvalue weighted by Gasteiger charge is -2.56. The van der Waals surface area contributed by atoms with Crippen molar-refractivity contribution in [2.24, 2.45) is 5.41 Å². The monoisotopic (exact) mass is 487 g/mol. The molecule has 31 heavy (non-hydrogen) atoms. The van der Waals surface area contributed by atoms with Crippen LogP contribution in [0.25, 0.3) is 0 Å². The topological polar surface area (TPSA) is 88.2 Å². The lowest BCUT2D eigenvalue weighted by atomic mass is 9.78. The van der Waals surface area contributed by atoms with E-state index in [4.69, 9.17) is 21.1 Å². The normalized spacial score (nSPS) is 22.4. The number of benzene rings is 1. The molecular weight excluding hydrogens is 469 g/mol. The van der Waals surface area contributed by atoms with E-state index in [1.54, 1.807) is 12.1 Å². The molecule has 3 aliphatic heterocycles. The van der Waals surface area contributed by atoms with Crippen molar-refractivity contribution in [3.8, 4) is 0 Å². The average molecular weight is 488 g/mol. The molecule has 3 fully saturated rings. The summed E-state index contributed by atoms with van der Waals surface area (Å²) in [7, 11) is -3.75. The zero-order valence-corrected chi connectivity index (χ0v) is 18.6. The second-order valence-electron chi connectivity index (χ2n) is 8.01. The van der Waals surface area contributed by atoms with E-state index in [0.29, 0.717) is 28.9 Å². The van der Waals surface area contributed by atoms with Crippen LogP contribution in [0.4, 0.5) is 20.6 Å². The van der Waals surface area contributed by atoms with Gasteiger partial charge >= 0.3 is 6.09 Å². The van der Waals surface area contributed by atoms with Gasteiger partial charge in [-0.3, -0.25) is 4.90 Å². The molecule has 8 nitrogen and oxygen atoms in total. The summed E-state index contributed by atoms with van der Waals surface area (Å²) >= 11 is 6.73. The number of rotatable bonds is 6. The van der Waals surface area contributed by atoms with Crippen LogP contribution in [-0.2, 0) is 19.5 Å². The van der Waals surface area contributed by atoms with Gasteiger partial charge < -0.3 is 14.4 Å². The molecule has 12 heteroatoms. The van der Waals surface area contributed by atoms with Crippen molar-refractivity contribution in [3.63, 3.8) is 0 Å². The first kappa shape index (κ1) is 21.0. The summed E-state index contributed by atoms with van der Waals surface area (Å²) in [6.45, 7) is 2.95. The molecule has 0 aliphatic carbocycles. The Morgan fingerprint density at radius 1 is 1.26 bits per heavy atom. The van der Waals surface area contributed by atoms with E-state index in [9.17, 15) is 17.6 Å². The number of nitrogens with one attached hydrogen (secondary N) is 1. The summed E-state index contributed by atoms with van der Waals surface area (Å²) in [5, 5.41) is 0. The third-order valence-electron chi connectivity index (χ3n) is 5.64. The number of ether oxygens (including phenoxy) is 2. The Labute approximate surface area is 187 Å². The van der Waals surface area contributed by atoms with E-state index in [0.717, 1.165) is 24.4 Å². The maximum absolute atomic E-state index is 14.7. The highest BCUT2D eigenvalue weighted by atomic mass is 35.5. The number of nitrogens with zero attached hydrogens (tertiary/aromatic N) is 2. The van der Waals surface area contributed by atoms with Crippen molar-refractivity contribution < 1.29 is 27.1 Å². The number of hydrogen-bond donors (Lipinski definition) is 1. The molecular formula is C19H19ClFN3O5S2. The Bertz CT molecular complexity index is 1130. The van der Waals surface area contributed by atoms with Gasteiger partial charge in [-0.1, -0.05) is 11.6 Å². The zero-order valence-electron chi connectivity index (χ0n) is 16.2. The molecule has 3 saturated heterocycles. The molecule has 1 aromatic heterocycles. The molecule has 4 heterocycles. The lowest BCUT2D eigenvalue weighted by Crippen LogP contribution is -2.66. The number of hydrogen-bond acceptors (Lipinski definition) is 7. The van der Waals surface area contributed by atoms with Gasteiger partial charge in [0.05, 0.1) is 40.9 Å². The maximum atomic E-state index is 14.7. The van der Waals surface area contributed by atoms with Gasteiger partial charge in [0, 0.05) is 19.6 Å². The Hall–Kier alpha value is -1.92. The minimum absolute atomic E-state index is 0.0811. The van der Waals surface area contributed by atoms with Crippen molar-refractivity contribution in [1.82, 2.24) is 4.72 Å². The fourth-order valence-corrected chi connectivity index (χ4v) is 6.58. The van der Waals surface area contributed by atoms with Gasteiger partial charge in [0.2, 0.25) is 10.0 Å². The Morgan fingerprint density at radius 2 is 2.03 bits per heavy atom. The number of carbonyl (C=O) groups is 1. The number of thiophene rings is 1. The number of amides is 1. The van der Waals surface area contributed by atoms with Crippen LogP contribution in [-0.4, -0.2) is 60.0 Å². The van der Waals surface area contributed by atoms with E-state index in [2.05, 4.69) is 4.72 Å². The van der Waals surface area contributed by atoms with Crippen LogP contribution in [0.15, 0.2) is 34.5 Å². The molecule has 1 spiro atoms. The number of halogens is 2. The van der Waals surface area contributed by atoms with Gasteiger partial charge in [0.1, 0.15) is 16.1 Å². The van der Waals surface area contributed by atoms with E-state index in [-0.39, 0.29) is 22.7 Å². The molecule has 0 unspecified atom stereocenters. The second kappa shape index (κ2) is 7.59. The minimum Gasteiger partial charge on any atom is -0.443 e. The molecule has 1 atom stereocenters. The van der Waals surface area contributed by atoms with Gasteiger partial charge in [-0.15, -0.1) is 11.3 Å². The lowest BCUT2D eigenvalue weighted by molar-refractivity contribution is -0.127. The maximum Gasteiger partial charge on any atom is 0.414 e. The van der Waals surface area contributed by atoms with Crippen molar-refractivity contribution in [2.45, 2.75) is 10.3 Å². The highest BCUT2D eigenvalue weighted by molar-refractivity contribution is 7.91. The Kier molecular flexibility index (Phi) is 5.13. The Morgan fingerprint density at radius 3 is 2.65 bits per heavy atom. The predicted octanol–water partition coefficient (Wildman–Crippen LogP) is 2.68. The molecule has 3 aliphatic rings. The largest absolute Gasteiger partial charge is 0.443 e. The molecule has 1 amide bonds. The van der Waals surface area contributed by atoms with Crippen LogP contribution in [0.2, 0.25) is 4.34 Å². The minimum atomic E-state index is -3.75. The first-order valence-electron chi connectivity index (χ1n) is 9.60. The summed E-state index contributed by atoms with van der Waals surface area (Å²) in [6.07, 6.45) is -1.35. The van der Waals surface area contributed by atoms with Gasteiger partial charge in [0.25, 0.3) is 0 Å². The first-order valence-corrected chi connectivity index (χ1v) is 12.3. The number of carbonyl (C=O) groups excluding carboxylic acids is 1. The molecule has 5 rings (SSSR count). The van der Waals surface area contributed by atoms with Crippen molar-refractivity contribution in [3.05, 3.63) is 40.5 Å². The molecule has 2 aromatic rings. The van der Waals surface area contributed by atoms with Gasteiger partial charge in [-0.25, -0.2) is 22.3 Å². The van der Waals surface area contributed by atoms with Gasteiger partial charge in [0.15, 0.2) is 0 Å². The van der Waals surface area contributed by atoms with Crippen LogP contribution >= 0.6 is 22.9 Å². The highest BCUT2D eigenvalue weighted by Crippen LogP contribution is 2.41. The SMILES string of the molecule is O=C1O[C@@H](CNS(=O)(=O)c2ccc(Cl)s2)CN1c1ccc(N2CC3(COC3)C2)c(F)c1. The fraction of sp³-hybridized carbons (Fsp3) is 0.421. The van der Waals surface area contributed by atoms with E-state index in [1.807, 2.05) is 4.90 Å². The summed E-state index contributed by atoms with van der Waals surface area (Å²) < 4.78 is 52.7. The number of anilines is 2. The highest BCUT2D eigenvalue weighted by Gasteiger charge is 2.49. The van der Waals surface area contributed by atoms with Crippen LogP contribution in [0.3, 0.4) is 0 Å². The average Bonchev–Trinajstić information content (AvgIpc) is 3.25. The number of cyclic esters (lactones) is 1. The van der Waals surface area contributed by atoms with Crippen molar-refractivity contribution >= 4 is 50.4 Å². The molecule has 166 valence electrons. The van der Waals surface area contributed by atoms with E-state index in [1.165, 1.54) is 23.1 Å². The first-order chi connectivity index (χ1) is 14.7. The molecule has 0 radical (unpaired) electrons. The van der Waals surface area contributed by atoms with Gasteiger partial charge in [-0.05, 0) is 30.3 Å². The Balaban J connectivity index is 1.21. The molecule has 1 N–H and O–H groups in total. The fourth-order valence-electron chi connectivity index (χ4n) is 3.98. The summed E-state index contributed by atoms with van der Waals surface area (Å²) in [5.41, 5.74) is 1.02. The summed E-state index contributed by atoms with van der Waals surface area (Å²) in [4.78, 5) is 15.5. The summed E-state index contributed by atoms with van der Waals surface area (Å²) in [6, 6.07) is 7.53. The van der Waals surface area contributed by atoms with Crippen molar-refractivity contribution in [1.29, 1.82) is 0 Å². The van der Waals surface area contributed by atoms with Crippen LogP contribution < -0.4 is 14.5 Å². The second-order valence-corrected chi connectivity index (χ2v) is 11.7. The van der Waals surface area contributed by atoms with Crippen LogP contribution in [0.5, 0.6) is 0 Å². The molecule has 0 bridgehead atoms. The predicted molar refractivity (Wildman–Crippen MR) is 114 cm³/mol. The molecule has 0 saturated carbocycles. The third-order valence-corrected chi connectivity index (χ3v) is 8.79. The van der Waals surface area contributed by atoms with Crippen LogP contribution in [0.1, 0.15) is 0 Å².